The molecule has 756 valence electrons. The highest BCUT2D eigenvalue weighted by Crippen LogP contribution is 2.44. The van der Waals surface area contributed by atoms with Crippen LogP contribution in [0, 0.1) is 42.2 Å². The number of nitrogens with zero attached hydrogens (tertiary/aromatic N) is 22. The largest absolute Gasteiger partial charge is 0.352 e. The van der Waals surface area contributed by atoms with E-state index in [1.165, 1.54) is 80.2 Å². The van der Waals surface area contributed by atoms with E-state index in [0.29, 0.717) is 209 Å². The van der Waals surface area contributed by atoms with E-state index in [4.69, 9.17) is 106 Å². The van der Waals surface area contributed by atoms with Crippen LogP contribution in [0.4, 0.5) is 51.0 Å². The molecule has 5 aromatic heterocycles. The molecule has 10 heterocycles. The molecule has 5 aliphatic rings. The summed E-state index contributed by atoms with van der Waals surface area (Å²) in [5, 5.41) is 7.68. The third-order valence-electron chi connectivity index (χ3n) is 25.8. The topological polar surface area (TPSA) is 255 Å². The summed E-state index contributed by atoms with van der Waals surface area (Å²) in [7, 11) is 0. The first kappa shape index (κ1) is 107. The van der Waals surface area contributed by atoms with Crippen LogP contribution in [0.1, 0.15) is 0 Å². The van der Waals surface area contributed by atoms with Gasteiger partial charge in [0.1, 0.15) is 102 Å². The van der Waals surface area contributed by atoms with Crippen LogP contribution in [-0.4, -0.2) is 247 Å². The van der Waals surface area contributed by atoms with E-state index < -0.39 is 29.1 Å². The molecule has 0 bridgehead atoms. The van der Waals surface area contributed by atoms with Crippen LogP contribution in [0.3, 0.4) is 0 Å². The predicted octanol–water partition coefficient (Wildman–Crippen LogP) is 22.2. The molecule has 5 amide bonds. The Labute approximate surface area is 893 Å². The zero-order valence-corrected chi connectivity index (χ0v) is 85.5. The summed E-state index contributed by atoms with van der Waals surface area (Å²) in [6, 6.07) is 43.4. The molecule has 20 rings (SSSR count). The number of aromatic nitrogens is 10. The lowest BCUT2D eigenvalue weighted by Crippen LogP contribution is -2.56. The second-order valence-corrected chi connectivity index (χ2v) is 37.9. The molecule has 2 unspecified atom stereocenters. The molecule has 40 heteroatoms. The highest BCUT2D eigenvalue weighted by atomic mass is 35.5. The van der Waals surface area contributed by atoms with Gasteiger partial charge < -0.3 is 58.7 Å². The number of anilines is 5. The van der Waals surface area contributed by atoms with Crippen LogP contribution in [-0.2, 0) is 24.0 Å². The first-order valence-electron chi connectivity index (χ1n) is 46.6. The number of hydrogen-bond acceptors (Lipinski definition) is 20. The Hall–Kier alpha value is -15.1. The van der Waals surface area contributed by atoms with Gasteiger partial charge in [0.2, 0.25) is 42.6 Å². The van der Waals surface area contributed by atoms with E-state index in [1.807, 2.05) is 72.8 Å². The van der Waals surface area contributed by atoms with Gasteiger partial charge >= 0.3 is 0 Å². The van der Waals surface area contributed by atoms with Crippen molar-refractivity contribution in [2.45, 2.75) is 12.1 Å². The van der Waals surface area contributed by atoms with Gasteiger partial charge in [-0.2, -0.15) is 0 Å². The number of hydrogen-bond donors (Lipinski definition) is 0. The van der Waals surface area contributed by atoms with Gasteiger partial charge in [-0.3, -0.25) is 24.0 Å². The van der Waals surface area contributed by atoms with Crippen molar-refractivity contribution in [3.8, 4) is 55.6 Å². The first-order chi connectivity index (χ1) is 71.9. The molecule has 5 aliphatic heterocycles. The predicted molar refractivity (Wildman–Crippen MR) is 580 cm³/mol. The number of rotatable bonds is 17. The van der Waals surface area contributed by atoms with Gasteiger partial charge in [-0.15, -0.1) is 0 Å². The second kappa shape index (κ2) is 48.3. The van der Waals surface area contributed by atoms with Crippen LogP contribution >= 0.6 is 92.8 Å². The third-order valence-corrected chi connectivity index (χ3v) is 28.1. The molecule has 0 N–H and O–H groups in total. The van der Waals surface area contributed by atoms with Crippen LogP contribution in [0.25, 0.3) is 120 Å². The molecule has 10 aromatic carbocycles. The lowest BCUT2D eigenvalue weighted by Gasteiger charge is -2.39. The molecule has 0 radical (unpaired) electrons. The Morgan fingerprint density at radius 1 is 0.289 bits per heavy atom. The maximum absolute atomic E-state index is 14.4. The third kappa shape index (κ3) is 24.3. The number of fused-ring (bicyclic) bond motifs is 5. The second-order valence-electron chi connectivity index (χ2n) is 34.5. The van der Waals surface area contributed by atoms with Crippen molar-refractivity contribution in [3.05, 3.63) is 351 Å². The van der Waals surface area contributed by atoms with E-state index in [1.54, 1.807) is 73.0 Å². The van der Waals surface area contributed by atoms with Crippen LogP contribution < -0.4 is 24.5 Å². The Kier molecular flexibility index (Phi) is 34.5. The van der Waals surface area contributed by atoms with Gasteiger partial charge in [0.05, 0.1) is 27.6 Å². The molecule has 27 nitrogen and oxygen atoms in total. The summed E-state index contributed by atoms with van der Waals surface area (Å²) < 4.78 is 69.7. The lowest BCUT2D eigenvalue weighted by molar-refractivity contribution is -0.129. The fourth-order valence-electron chi connectivity index (χ4n) is 18.3. The maximum Gasteiger partial charge on any atom is 0.246 e. The quantitative estimate of drug-likeness (QED) is 0.0466. The number of benzene rings is 10. The van der Waals surface area contributed by atoms with E-state index in [-0.39, 0.29) is 70.9 Å². The zero-order valence-electron chi connectivity index (χ0n) is 79.5. The summed E-state index contributed by atoms with van der Waals surface area (Å²) >= 11 is 50.5. The molecule has 5 saturated heterocycles. The standard InChI is InChI=1S/2C23H19Cl2N5O.C21H17Cl2FN4O.2C21H17ClF2N4O/c2*1-3-22(31)30-9-8-29(13-17(30)12-26-2)23-19-10-20(25)18(11-21(19)27-14-28-23)15-4-6-16(24)7-5-15;1-2-20(29)27-5-7-28(8-6-27)21-16-10-17(23)15(11-19(16)25-12-26-21)14-4-3-13(22)9-18(14)24;1-2-20(29)27-5-7-28(8-6-27)21-16-10-17(22)14(11-19(16)25-12-26-21)15-9-13(23)3-4-18(15)24;1-2-20(29)27-5-7-28(8-6-27)21-16-10-17(22)15(11-19(16)25-12-26-21)14-4-3-13(23)9-18(14)24/h2*3-7,10-11,14,17H,1,8-9,12-13H2;3*2-4,9-12H,1,5-8H2. The van der Waals surface area contributed by atoms with Gasteiger partial charge in [-0.1, -0.05) is 150 Å². The SMILES string of the molecule is C=CC(=O)N1CCN(c2ncnc3cc(-c4cc(F)ccc4F)c(Cl)cc23)CC1.C=CC(=O)N1CCN(c2ncnc3cc(-c4ccc(Cl)cc4F)c(Cl)cc23)CC1.C=CC(=O)N1CCN(c2ncnc3cc(-c4ccc(F)cc4F)c(Cl)cc23)CC1.[C-]#[N+]CC1CN(c2ncnc3cc(-c4ccc(Cl)cc4)c(Cl)cc23)CCN1C(=O)C=C.[C-]#[N+]CC1CN(c2ncnc3cc(-c4ccc(Cl)cc4)c(Cl)cc23)CCN1C(=O)C=C. The minimum absolute atomic E-state index is 0.0742. The molecule has 0 saturated carbocycles. The van der Waals surface area contributed by atoms with Crippen LogP contribution in [0.15, 0.2) is 259 Å². The van der Waals surface area contributed by atoms with Crippen LogP contribution in [0.2, 0.25) is 40.2 Å². The first-order valence-corrected chi connectivity index (χ1v) is 49.6. The number of halogens is 13. The van der Waals surface area contributed by atoms with Crippen molar-refractivity contribution in [2.24, 2.45) is 0 Å². The summed E-state index contributed by atoms with van der Waals surface area (Å²) in [4.78, 5) is 130. The minimum atomic E-state index is -0.691. The van der Waals surface area contributed by atoms with Crippen LogP contribution in [0.5, 0.6) is 0 Å². The Balaban J connectivity index is 0.000000133. The monoisotopic (exact) mass is 2160 g/mol. The molecule has 0 aliphatic carbocycles. The van der Waals surface area contributed by atoms with Gasteiger partial charge in [-0.25, -0.2) is 84.9 Å². The molecule has 149 heavy (non-hydrogen) atoms. The molecular weight excluding hydrogens is 2080 g/mol. The smallest absolute Gasteiger partial charge is 0.246 e. The lowest BCUT2D eigenvalue weighted by atomic mass is 10.0. The Morgan fingerprint density at radius 3 is 0.879 bits per heavy atom. The molecule has 5 fully saturated rings. The van der Waals surface area contributed by atoms with Crippen molar-refractivity contribution in [2.75, 3.05) is 155 Å². The molecule has 2 atom stereocenters. The van der Waals surface area contributed by atoms with Gasteiger partial charge in [0.25, 0.3) is 0 Å². The Bertz CT molecular complexity index is 7460. The number of carbonyl (C=O) groups is 5. The fraction of sp³-hybridized carbons (Fsp3) is 0.202. The van der Waals surface area contributed by atoms with Gasteiger partial charge in [0.15, 0.2) is 0 Å². The number of amides is 5. The minimum Gasteiger partial charge on any atom is -0.352 e. The summed E-state index contributed by atoms with van der Waals surface area (Å²) in [6.07, 6.45) is 14.0. The maximum atomic E-state index is 14.4. The Morgan fingerprint density at radius 2 is 0.564 bits per heavy atom. The molecule has 15 aromatic rings. The molecule has 0 spiro atoms. The average molecular weight is 2170 g/mol. The van der Waals surface area contributed by atoms with E-state index in [0.717, 1.165) is 96.6 Å². The summed E-state index contributed by atoms with van der Waals surface area (Å²) in [6.45, 7) is 43.0. The fourth-order valence-corrected chi connectivity index (χ4v) is 20.0. The van der Waals surface area contributed by atoms with E-state index in [9.17, 15) is 45.9 Å². The highest BCUT2D eigenvalue weighted by Gasteiger charge is 2.37. The number of carbonyl (C=O) groups excluding carboxylic acids is 5. The van der Waals surface area contributed by atoms with Crippen molar-refractivity contribution < 1.29 is 45.9 Å². The summed E-state index contributed by atoms with van der Waals surface area (Å²) in [5.41, 5.74) is 8.97. The van der Waals surface area contributed by atoms with Crippen molar-refractivity contribution in [1.29, 1.82) is 0 Å². The van der Waals surface area contributed by atoms with E-state index >= 15 is 0 Å². The average Bonchev–Trinajstić information content (AvgIpc) is 0.784. The van der Waals surface area contributed by atoms with Gasteiger partial charge in [-0.05, 0) is 175 Å². The van der Waals surface area contributed by atoms with Crippen molar-refractivity contribution in [1.82, 2.24) is 74.3 Å². The highest BCUT2D eigenvalue weighted by molar-refractivity contribution is 6.37. The van der Waals surface area contributed by atoms with E-state index in [2.05, 4.69) is 117 Å². The number of piperazine rings is 5. The zero-order chi connectivity index (χ0) is 106. The normalized spacial score (nSPS) is 15.1. The van der Waals surface area contributed by atoms with Crippen molar-refractivity contribution in [3.63, 3.8) is 0 Å². The summed E-state index contributed by atoms with van der Waals surface area (Å²) in [5.74, 6) is 0.147. The molecular formula is C109H89Cl8F5N22O5. The van der Waals surface area contributed by atoms with Gasteiger partial charge in [0, 0.05) is 235 Å². The van der Waals surface area contributed by atoms with Crippen molar-refractivity contribution >= 4 is 206 Å².